The standard InChI is InChI=1S/C29H27F4N7O3/c1-2-43-20-11-15(28(42)37-22-12-17(9-10-35-22)29(31,32)33)4-7-19(20)24-25-26(34)36-13-21(30)40(25)27(38-24)16-3-5-18-6-8-23(41)39(18)14-16/h4,7,9-13,16,18H,2-3,5-6,8,14H2,1H3,(H2,34,36)(H,35,37,42). The third kappa shape index (κ3) is 5.21. The number of hydrogen-bond acceptors (Lipinski definition) is 7. The van der Waals surface area contributed by atoms with Gasteiger partial charge >= 0.3 is 6.18 Å². The minimum atomic E-state index is -4.60. The Kier molecular flexibility index (Phi) is 7.14. The molecule has 224 valence electrons. The first kappa shape index (κ1) is 28.4. The van der Waals surface area contributed by atoms with Crippen molar-refractivity contribution in [1.29, 1.82) is 0 Å². The van der Waals surface area contributed by atoms with Crippen LogP contribution in [0.15, 0.2) is 42.7 Å². The van der Waals surface area contributed by atoms with E-state index in [1.54, 1.807) is 13.0 Å². The van der Waals surface area contributed by atoms with Gasteiger partial charge < -0.3 is 20.7 Å². The monoisotopic (exact) mass is 597 g/mol. The number of anilines is 2. The normalized spacial score (nSPS) is 18.6. The van der Waals surface area contributed by atoms with Crippen LogP contribution in [-0.2, 0) is 11.0 Å². The number of nitrogens with two attached hydrogens (primary N) is 1. The fourth-order valence-corrected chi connectivity index (χ4v) is 5.87. The lowest BCUT2D eigenvalue weighted by Crippen LogP contribution is -2.41. The quantitative estimate of drug-likeness (QED) is 0.298. The summed E-state index contributed by atoms with van der Waals surface area (Å²) in [7, 11) is 0. The third-order valence-electron chi connectivity index (χ3n) is 7.88. The number of rotatable bonds is 6. The number of imidazole rings is 1. The van der Waals surface area contributed by atoms with Crippen molar-refractivity contribution in [3.63, 3.8) is 0 Å². The van der Waals surface area contributed by atoms with Gasteiger partial charge in [-0.1, -0.05) is 0 Å². The number of pyridine rings is 1. The minimum absolute atomic E-state index is 0.0287. The molecule has 0 radical (unpaired) electrons. The number of fused-ring (bicyclic) bond motifs is 2. The molecule has 1 aromatic carbocycles. The molecule has 2 saturated heterocycles. The lowest BCUT2D eigenvalue weighted by Gasteiger charge is -2.34. The predicted molar refractivity (Wildman–Crippen MR) is 148 cm³/mol. The summed E-state index contributed by atoms with van der Waals surface area (Å²) < 4.78 is 61.8. The molecule has 0 spiro atoms. The van der Waals surface area contributed by atoms with Gasteiger partial charge in [0, 0.05) is 42.2 Å². The predicted octanol–water partition coefficient (Wildman–Crippen LogP) is 5.05. The van der Waals surface area contributed by atoms with E-state index in [4.69, 9.17) is 15.5 Å². The second kappa shape index (κ2) is 10.8. The van der Waals surface area contributed by atoms with Crippen molar-refractivity contribution in [3.05, 3.63) is 65.6 Å². The van der Waals surface area contributed by atoms with Gasteiger partial charge in [0.2, 0.25) is 11.9 Å². The van der Waals surface area contributed by atoms with E-state index < -0.39 is 23.6 Å². The number of carbonyl (C=O) groups is 2. The second-order valence-corrected chi connectivity index (χ2v) is 10.5. The molecular formula is C29H27F4N7O3. The smallest absolute Gasteiger partial charge is 0.416 e. The van der Waals surface area contributed by atoms with Crippen molar-refractivity contribution >= 4 is 29.0 Å². The number of alkyl halides is 3. The molecule has 2 fully saturated rings. The number of amides is 2. The Balaban J connectivity index is 1.38. The Morgan fingerprint density at radius 2 is 1.98 bits per heavy atom. The van der Waals surface area contributed by atoms with Crippen molar-refractivity contribution in [1.82, 2.24) is 24.3 Å². The summed E-state index contributed by atoms with van der Waals surface area (Å²) in [5.41, 5.74) is 6.29. The van der Waals surface area contributed by atoms with Crippen LogP contribution in [0.5, 0.6) is 5.75 Å². The molecule has 6 rings (SSSR count). The molecule has 2 unspecified atom stereocenters. The van der Waals surface area contributed by atoms with E-state index >= 15 is 4.39 Å². The number of nitrogens with one attached hydrogen (secondary N) is 1. The molecule has 5 heterocycles. The van der Waals surface area contributed by atoms with Crippen LogP contribution in [0.4, 0.5) is 29.2 Å². The lowest BCUT2D eigenvalue weighted by molar-refractivity contribution is -0.137. The maximum Gasteiger partial charge on any atom is 0.416 e. The molecule has 0 bridgehead atoms. The fraction of sp³-hybridized carbons (Fsp3) is 0.345. The topological polar surface area (TPSA) is 128 Å². The van der Waals surface area contributed by atoms with Gasteiger partial charge in [0.05, 0.1) is 18.4 Å². The van der Waals surface area contributed by atoms with Crippen LogP contribution in [0, 0.1) is 5.95 Å². The highest BCUT2D eigenvalue weighted by Crippen LogP contribution is 2.41. The highest BCUT2D eigenvalue weighted by molar-refractivity contribution is 6.04. The summed E-state index contributed by atoms with van der Waals surface area (Å²) in [6.45, 7) is 2.35. The van der Waals surface area contributed by atoms with Gasteiger partial charge in [0.1, 0.15) is 34.4 Å². The number of ether oxygens (including phenoxy) is 1. The van der Waals surface area contributed by atoms with E-state index in [0.29, 0.717) is 30.8 Å². The summed E-state index contributed by atoms with van der Waals surface area (Å²) in [5, 5.41) is 2.38. The zero-order chi connectivity index (χ0) is 30.5. The molecule has 2 atom stereocenters. The van der Waals surface area contributed by atoms with Crippen LogP contribution < -0.4 is 15.8 Å². The van der Waals surface area contributed by atoms with Crippen molar-refractivity contribution in [3.8, 4) is 17.0 Å². The third-order valence-corrected chi connectivity index (χ3v) is 7.88. The highest BCUT2D eigenvalue weighted by Gasteiger charge is 2.39. The van der Waals surface area contributed by atoms with E-state index in [1.807, 2.05) is 4.90 Å². The number of hydrogen-bond donors (Lipinski definition) is 2. The van der Waals surface area contributed by atoms with Crippen molar-refractivity contribution in [2.24, 2.45) is 0 Å². The molecule has 0 saturated carbocycles. The van der Waals surface area contributed by atoms with E-state index in [1.165, 1.54) is 16.5 Å². The Labute approximate surface area is 242 Å². The Morgan fingerprint density at radius 1 is 1.16 bits per heavy atom. The molecule has 43 heavy (non-hydrogen) atoms. The van der Waals surface area contributed by atoms with Crippen molar-refractivity contribution in [2.45, 2.75) is 50.7 Å². The first-order valence-electron chi connectivity index (χ1n) is 13.8. The molecular weight excluding hydrogens is 570 g/mol. The van der Waals surface area contributed by atoms with E-state index in [2.05, 4.69) is 15.3 Å². The van der Waals surface area contributed by atoms with Crippen molar-refractivity contribution in [2.75, 3.05) is 24.2 Å². The second-order valence-electron chi connectivity index (χ2n) is 10.5. The molecule has 0 aliphatic carbocycles. The molecule has 3 aromatic heterocycles. The van der Waals surface area contributed by atoms with Gasteiger partial charge in [-0.2, -0.15) is 17.6 Å². The van der Waals surface area contributed by atoms with E-state index in [-0.39, 0.29) is 58.6 Å². The SMILES string of the molecule is CCOc1cc(C(=O)Nc2cc(C(F)(F)F)ccn2)ccc1-c1nc(C2CCC3CCC(=O)N3C2)n2c(F)cnc(N)c12. The average Bonchev–Trinajstić information content (AvgIpc) is 3.56. The van der Waals surface area contributed by atoms with Gasteiger partial charge in [-0.05, 0) is 56.5 Å². The number of carbonyl (C=O) groups excluding carboxylic acids is 2. The molecule has 2 aliphatic heterocycles. The first-order chi connectivity index (χ1) is 20.5. The zero-order valence-corrected chi connectivity index (χ0v) is 23.0. The number of nitrogen functional groups attached to an aromatic ring is 1. The number of aromatic nitrogens is 4. The largest absolute Gasteiger partial charge is 0.493 e. The van der Waals surface area contributed by atoms with Crippen molar-refractivity contribution < 1.29 is 31.9 Å². The first-order valence-corrected chi connectivity index (χ1v) is 13.8. The zero-order valence-electron chi connectivity index (χ0n) is 23.0. The molecule has 3 N–H and O–H groups in total. The molecule has 14 heteroatoms. The van der Waals surface area contributed by atoms with E-state index in [0.717, 1.165) is 37.4 Å². The summed E-state index contributed by atoms with van der Waals surface area (Å²) >= 11 is 0. The molecule has 2 aliphatic rings. The Hall–Kier alpha value is -4.75. The van der Waals surface area contributed by atoms with Crippen LogP contribution in [0.1, 0.15) is 60.3 Å². The molecule has 10 nitrogen and oxygen atoms in total. The van der Waals surface area contributed by atoms with Crippen LogP contribution >= 0.6 is 0 Å². The minimum Gasteiger partial charge on any atom is -0.493 e. The summed E-state index contributed by atoms with van der Waals surface area (Å²) in [6.07, 6.45) is 0.162. The Bertz CT molecular complexity index is 1740. The van der Waals surface area contributed by atoms with Crippen LogP contribution in [0.25, 0.3) is 16.8 Å². The highest BCUT2D eigenvalue weighted by atomic mass is 19.4. The summed E-state index contributed by atoms with van der Waals surface area (Å²) in [6, 6.07) is 6.14. The van der Waals surface area contributed by atoms with Gasteiger partial charge in [-0.3, -0.25) is 14.0 Å². The average molecular weight is 598 g/mol. The van der Waals surface area contributed by atoms with Gasteiger partial charge in [0.15, 0.2) is 0 Å². The molecule has 4 aromatic rings. The van der Waals surface area contributed by atoms with Gasteiger partial charge in [-0.25, -0.2) is 15.0 Å². The number of piperidine rings is 1. The fourth-order valence-electron chi connectivity index (χ4n) is 5.87. The van der Waals surface area contributed by atoms with Gasteiger partial charge in [-0.15, -0.1) is 0 Å². The van der Waals surface area contributed by atoms with Crippen LogP contribution in [0.2, 0.25) is 0 Å². The van der Waals surface area contributed by atoms with Gasteiger partial charge in [0.25, 0.3) is 5.91 Å². The molecule has 2 amide bonds. The lowest BCUT2D eigenvalue weighted by atomic mass is 9.92. The van der Waals surface area contributed by atoms with Crippen LogP contribution in [0.3, 0.4) is 0 Å². The number of nitrogens with zero attached hydrogens (tertiary/aromatic N) is 5. The van der Waals surface area contributed by atoms with E-state index in [9.17, 15) is 22.8 Å². The van der Waals surface area contributed by atoms with Crippen LogP contribution in [-0.4, -0.2) is 55.3 Å². The maximum absolute atomic E-state index is 15.3. The number of benzene rings is 1. The maximum atomic E-state index is 15.3. The Morgan fingerprint density at radius 3 is 2.74 bits per heavy atom. The number of halogens is 4. The summed E-state index contributed by atoms with van der Waals surface area (Å²) in [4.78, 5) is 39.9. The summed E-state index contributed by atoms with van der Waals surface area (Å²) in [5.74, 6) is -1.19.